The number of nitrogens with zero attached hydrogens (tertiary/aromatic N) is 2. The van der Waals surface area contributed by atoms with E-state index in [1.54, 1.807) is 12.1 Å². The zero-order valence-electron chi connectivity index (χ0n) is 13.8. The normalized spacial score (nSPS) is 10.6. The summed E-state index contributed by atoms with van der Waals surface area (Å²) in [5, 5.41) is 9.70. The van der Waals surface area contributed by atoms with Crippen LogP contribution in [0.5, 0.6) is 5.75 Å². The maximum absolute atomic E-state index is 9.70. The van der Waals surface area contributed by atoms with Gasteiger partial charge in [0, 0.05) is 32.5 Å². The van der Waals surface area contributed by atoms with Gasteiger partial charge in [0.2, 0.25) is 0 Å². The summed E-state index contributed by atoms with van der Waals surface area (Å²) < 4.78 is 2.33. The Labute approximate surface area is 147 Å². The zero-order valence-corrected chi connectivity index (χ0v) is 14.6. The van der Waals surface area contributed by atoms with Crippen LogP contribution >= 0.6 is 12.2 Å². The molecule has 1 heterocycles. The fraction of sp³-hybridized carbons (Fsp3) is 0.150. The third-order valence-electron chi connectivity index (χ3n) is 4.02. The van der Waals surface area contributed by atoms with Gasteiger partial charge in [-0.15, -0.1) is 0 Å². The van der Waals surface area contributed by atoms with Crippen LogP contribution in [0.2, 0.25) is 0 Å². The molecule has 24 heavy (non-hydrogen) atoms. The number of hydrogen-bond donors (Lipinski definition) is 1. The molecule has 122 valence electrons. The van der Waals surface area contributed by atoms with Crippen molar-refractivity contribution in [3.05, 3.63) is 77.1 Å². The van der Waals surface area contributed by atoms with E-state index in [4.69, 9.17) is 12.2 Å². The Morgan fingerprint density at radius 1 is 0.917 bits per heavy atom. The van der Waals surface area contributed by atoms with Crippen LogP contribution in [0.25, 0.3) is 11.1 Å². The molecule has 0 saturated heterocycles. The summed E-state index contributed by atoms with van der Waals surface area (Å²) in [5.74, 6) is 0.144. The number of pyridine rings is 1. The molecule has 4 heteroatoms. The Balaban J connectivity index is 1.80. The van der Waals surface area contributed by atoms with Gasteiger partial charge in [-0.25, -0.2) is 0 Å². The molecule has 0 saturated carbocycles. The first-order valence-corrected chi connectivity index (χ1v) is 8.20. The first-order valence-electron chi connectivity index (χ1n) is 7.80. The third kappa shape index (κ3) is 3.49. The first kappa shape index (κ1) is 16.3. The van der Waals surface area contributed by atoms with Crippen LogP contribution in [0.1, 0.15) is 5.56 Å². The Bertz CT molecular complexity index is 881. The highest BCUT2D eigenvalue weighted by Gasteiger charge is 2.02. The van der Waals surface area contributed by atoms with Crippen molar-refractivity contribution < 1.29 is 5.11 Å². The highest BCUT2D eigenvalue weighted by molar-refractivity contribution is 7.71. The van der Waals surface area contributed by atoms with Crippen molar-refractivity contribution in [2.75, 3.05) is 19.0 Å². The van der Waals surface area contributed by atoms with Crippen LogP contribution in [-0.2, 0) is 6.54 Å². The molecule has 2 aromatic carbocycles. The number of hydrogen-bond acceptors (Lipinski definition) is 3. The fourth-order valence-electron chi connectivity index (χ4n) is 2.60. The van der Waals surface area contributed by atoms with E-state index in [1.807, 2.05) is 24.9 Å². The van der Waals surface area contributed by atoms with Crippen molar-refractivity contribution in [3.8, 4) is 16.9 Å². The molecule has 1 N–H and O–H groups in total. The molecule has 0 aliphatic carbocycles. The minimum atomic E-state index is 0.144. The molecule has 3 nitrogen and oxygen atoms in total. The van der Waals surface area contributed by atoms with E-state index in [2.05, 4.69) is 53.4 Å². The molecular formula is C20H20N2OS. The second-order valence-electron chi connectivity index (χ2n) is 5.96. The molecule has 0 unspecified atom stereocenters. The molecule has 0 atom stereocenters. The van der Waals surface area contributed by atoms with E-state index in [0.29, 0.717) is 11.2 Å². The van der Waals surface area contributed by atoms with E-state index >= 15 is 0 Å². The lowest BCUT2D eigenvalue weighted by atomic mass is 10.0. The molecule has 0 amide bonds. The summed E-state index contributed by atoms with van der Waals surface area (Å²) in [5.41, 5.74) is 4.71. The second kappa shape index (κ2) is 6.89. The van der Waals surface area contributed by atoms with E-state index in [1.165, 1.54) is 16.8 Å². The quantitative estimate of drug-likeness (QED) is 0.700. The molecular weight excluding hydrogens is 316 g/mol. The average molecular weight is 336 g/mol. The SMILES string of the molecule is CN(C)c1ccc(-c2ccc(Cn3cccc(O)c3=S)cc2)cc1. The Kier molecular flexibility index (Phi) is 4.67. The predicted octanol–water partition coefficient (Wildman–Crippen LogP) is 4.70. The van der Waals surface area contributed by atoms with E-state index in [9.17, 15) is 5.11 Å². The van der Waals surface area contributed by atoms with Gasteiger partial charge in [-0.1, -0.05) is 48.6 Å². The maximum atomic E-state index is 9.70. The molecule has 0 fully saturated rings. The first-order chi connectivity index (χ1) is 11.5. The molecule has 0 spiro atoms. The Morgan fingerprint density at radius 2 is 1.50 bits per heavy atom. The monoisotopic (exact) mass is 336 g/mol. The van der Waals surface area contributed by atoms with Crippen LogP contribution in [0.3, 0.4) is 0 Å². The predicted molar refractivity (Wildman–Crippen MR) is 102 cm³/mol. The lowest BCUT2D eigenvalue weighted by Crippen LogP contribution is -2.07. The van der Waals surface area contributed by atoms with E-state index in [0.717, 1.165) is 5.56 Å². The molecule has 0 bridgehead atoms. The topological polar surface area (TPSA) is 28.4 Å². The van der Waals surface area contributed by atoms with Crippen molar-refractivity contribution >= 4 is 17.9 Å². The molecule has 3 rings (SSSR count). The van der Waals surface area contributed by atoms with Crippen LogP contribution in [0.4, 0.5) is 5.69 Å². The number of benzene rings is 2. The standard InChI is InChI=1S/C20H20N2OS/c1-21(2)18-11-9-17(10-12-18)16-7-5-15(6-8-16)14-22-13-3-4-19(23)20(22)24/h3-13,23H,14H2,1-2H3. The molecule has 0 radical (unpaired) electrons. The third-order valence-corrected chi connectivity index (χ3v) is 4.47. The average Bonchev–Trinajstić information content (AvgIpc) is 2.60. The minimum Gasteiger partial charge on any atom is -0.505 e. The van der Waals surface area contributed by atoms with E-state index in [-0.39, 0.29) is 5.75 Å². The van der Waals surface area contributed by atoms with E-state index < -0.39 is 0 Å². The molecule has 1 aromatic heterocycles. The van der Waals surface area contributed by atoms with Crippen molar-refractivity contribution in [1.82, 2.24) is 4.57 Å². The molecule has 3 aromatic rings. The number of aromatic nitrogens is 1. The number of anilines is 1. The minimum absolute atomic E-state index is 0.144. The van der Waals surface area contributed by atoms with Crippen LogP contribution in [0.15, 0.2) is 66.9 Å². The summed E-state index contributed by atoms with van der Waals surface area (Å²) in [6, 6.07) is 20.3. The largest absolute Gasteiger partial charge is 0.505 e. The summed E-state index contributed by atoms with van der Waals surface area (Å²) >= 11 is 5.24. The van der Waals surface area contributed by atoms with Gasteiger partial charge in [-0.2, -0.15) is 0 Å². The summed E-state index contributed by atoms with van der Waals surface area (Å²) in [6.07, 6.45) is 1.88. The van der Waals surface area contributed by atoms with Crippen LogP contribution in [0, 0.1) is 4.64 Å². The van der Waals surface area contributed by atoms with Gasteiger partial charge in [-0.05, 0) is 41.0 Å². The summed E-state index contributed by atoms with van der Waals surface area (Å²) in [4.78, 5) is 2.09. The smallest absolute Gasteiger partial charge is 0.150 e. The summed E-state index contributed by atoms with van der Waals surface area (Å²) in [7, 11) is 4.08. The molecule has 0 aliphatic heterocycles. The van der Waals surface area contributed by atoms with Crippen molar-refractivity contribution in [2.24, 2.45) is 0 Å². The highest BCUT2D eigenvalue weighted by Crippen LogP contribution is 2.23. The lowest BCUT2D eigenvalue weighted by molar-refractivity contribution is 0.464. The van der Waals surface area contributed by atoms with Gasteiger partial charge in [0.05, 0.1) is 0 Å². The summed E-state index contributed by atoms with van der Waals surface area (Å²) in [6.45, 7) is 0.646. The van der Waals surface area contributed by atoms with Crippen molar-refractivity contribution in [1.29, 1.82) is 0 Å². The maximum Gasteiger partial charge on any atom is 0.150 e. The number of rotatable bonds is 4. The Hall–Kier alpha value is -2.59. The van der Waals surface area contributed by atoms with Crippen molar-refractivity contribution in [3.63, 3.8) is 0 Å². The van der Waals surface area contributed by atoms with Gasteiger partial charge in [-0.3, -0.25) is 0 Å². The van der Waals surface area contributed by atoms with Gasteiger partial charge in [0.1, 0.15) is 10.4 Å². The van der Waals surface area contributed by atoms with Crippen LogP contribution in [-0.4, -0.2) is 23.8 Å². The lowest BCUT2D eigenvalue weighted by Gasteiger charge is -2.13. The number of aromatic hydroxyl groups is 1. The van der Waals surface area contributed by atoms with Crippen molar-refractivity contribution in [2.45, 2.75) is 6.54 Å². The highest BCUT2D eigenvalue weighted by atomic mass is 32.1. The van der Waals surface area contributed by atoms with Gasteiger partial charge < -0.3 is 14.6 Å². The Morgan fingerprint density at radius 3 is 2.08 bits per heavy atom. The second-order valence-corrected chi connectivity index (χ2v) is 6.35. The molecule has 0 aliphatic rings. The van der Waals surface area contributed by atoms with Gasteiger partial charge in [0.25, 0.3) is 0 Å². The van der Waals surface area contributed by atoms with Crippen LogP contribution < -0.4 is 4.90 Å². The fourth-order valence-corrected chi connectivity index (χ4v) is 2.79. The zero-order chi connectivity index (χ0) is 17.1. The van der Waals surface area contributed by atoms with Gasteiger partial charge >= 0.3 is 0 Å². The van der Waals surface area contributed by atoms with Gasteiger partial charge in [0.15, 0.2) is 0 Å².